The summed E-state index contributed by atoms with van der Waals surface area (Å²) in [5.41, 5.74) is 5.21. The fourth-order valence-electron chi connectivity index (χ4n) is 3.11. The van der Waals surface area contributed by atoms with Crippen molar-refractivity contribution < 1.29 is 10.1 Å². The van der Waals surface area contributed by atoms with Gasteiger partial charge in [-0.25, -0.2) is 0 Å². The number of aryl methyl sites for hydroxylation is 3. The minimum absolute atomic E-state index is 0.0213. The Morgan fingerprint density at radius 3 is 2.20 bits per heavy atom. The average Bonchev–Trinajstić information content (AvgIpc) is 2.50. The first-order valence-corrected chi connectivity index (χ1v) is 9.13. The van der Waals surface area contributed by atoms with E-state index in [0.717, 1.165) is 22.4 Å². The second-order valence-electron chi connectivity index (χ2n) is 6.70. The molecule has 5 heteroatoms. The third-order valence-corrected chi connectivity index (χ3v) is 4.93. The Kier molecular flexibility index (Phi) is 6.50. The van der Waals surface area contributed by atoms with E-state index in [9.17, 15) is 4.79 Å². The average molecular weight is 380 g/mol. The molecule has 0 aromatic heterocycles. The van der Waals surface area contributed by atoms with E-state index in [1.807, 2.05) is 45.1 Å². The molecule has 2 atom stereocenters. The molecule has 2 aromatic carbocycles. The fourth-order valence-corrected chi connectivity index (χ4v) is 3.69. The van der Waals surface area contributed by atoms with Gasteiger partial charge in [0.2, 0.25) is 0 Å². The third-order valence-electron chi connectivity index (χ3n) is 4.37. The molecule has 0 heterocycles. The van der Waals surface area contributed by atoms with Crippen LogP contribution in [-0.4, -0.2) is 11.9 Å². The predicted molar refractivity (Wildman–Crippen MR) is 106 cm³/mol. The van der Waals surface area contributed by atoms with Crippen molar-refractivity contribution in [2.45, 2.75) is 46.7 Å². The summed E-state index contributed by atoms with van der Waals surface area (Å²) >= 11 is 12.2. The summed E-state index contributed by atoms with van der Waals surface area (Å²) in [5, 5.41) is 6.29. The van der Waals surface area contributed by atoms with Crippen LogP contribution in [0.15, 0.2) is 30.3 Å². The molecule has 0 fully saturated rings. The fraction of sp³-hybridized carbons (Fsp3) is 0.350. The number of nitrogens with two attached hydrogens (primary N) is 1. The lowest BCUT2D eigenvalue weighted by molar-refractivity contribution is -0.709. The minimum Gasteiger partial charge on any atom is -0.330 e. The zero-order chi connectivity index (χ0) is 18.7. The van der Waals surface area contributed by atoms with E-state index in [-0.39, 0.29) is 18.0 Å². The van der Waals surface area contributed by atoms with Crippen molar-refractivity contribution >= 4 is 34.8 Å². The molecule has 134 valence electrons. The highest BCUT2D eigenvalue weighted by Gasteiger charge is 2.22. The van der Waals surface area contributed by atoms with Gasteiger partial charge < -0.3 is 10.6 Å². The second kappa shape index (κ2) is 8.22. The number of hydrogen-bond donors (Lipinski definition) is 2. The van der Waals surface area contributed by atoms with Crippen molar-refractivity contribution in [1.82, 2.24) is 0 Å². The van der Waals surface area contributed by atoms with Gasteiger partial charge in [0.1, 0.15) is 6.04 Å². The van der Waals surface area contributed by atoms with Gasteiger partial charge >= 0.3 is 0 Å². The number of rotatable bonds is 5. The van der Waals surface area contributed by atoms with Gasteiger partial charge in [0.05, 0.1) is 5.02 Å². The maximum Gasteiger partial charge on any atom is 0.282 e. The topological polar surface area (TPSA) is 45.7 Å². The third kappa shape index (κ3) is 4.97. The SMILES string of the molecule is Cc1cc(C)c(NC(=O)[C@H](C)[NH2+][C@@H](C)c2ccc(Cl)cc2Cl)c(C)c1. The van der Waals surface area contributed by atoms with Crippen LogP contribution in [0, 0.1) is 20.8 Å². The standard InChI is InChI=1S/C20H24Cl2N2O/c1-11-8-12(2)19(13(3)9-11)24-20(25)15(5)23-14(4)17-7-6-16(21)10-18(17)22/h6-10,14-15,23H,1-5H3,(H,24,25)/p+1/t14-,15-/m0/s1. The molecule has 1 amide bonds. The highest BCUT2D eigenvalue weighted by Crippen LogP contribution is 2.25. The highest BCUT2D eigenvalue weighted by molar-refractivity contribution is 6.35. The van der Waals surface area contributed by atoms with Crippen LogP contribution in [0.25, 0.3) is 0 Å². The van der Waals surface area contributed by atoms with E-state index in [1.165, 1.54) is 5.56 Å². The number of carbonyl (C=O) groups is 1. The predicted octanol–water partition coefficient (Wildman–Crippen LogP) is 4.57. The molecule has 0 aliphatic heterocycles. The van der Waals surface area contributed by atoms with Crippen LogP contribution in [0.3, 0.4) is 0 Å². The maximum absolute atomic E-state index is 12.6. The number of nitrogens with one attached hydrogen (secondary N) is 1. The van der Waals surface area contributed by atoms with Crippen molar-refractivity contribution in [2.75, 3.05) is 5.32 Å². The van der Waals surface area contributed by atoms with Crippen molar-refractivity contribution in [3.63, 3.8) is 0 Å². The molecule has 3 N–H and O–H groups in total. The number of carbonyl (C=O) groups excluding carboxylic acids is 1. The van der Waals surface area contributed by atoms with Crippen LogP contribution in [-0.2, 0) is 4.79 Å². The summed E-state index contributed by atoms with van der Waals surface area (Å²) in [6.45, 7) is 10.0. The maximum atomic E-state index is 12.6. The summed E-state index contributed by atoms with van der Waals surface area (Å²) < 4.78 is 0. The van der Waals surface area contributed by atoms with E-state index < -0.39 is 0 Å². The Bertz CT molecular complexity index is 766. The smallest absolute Gasteiger partial charge is 0.282 e. The highest BCUT2D eigenvalue weighted by atomic mass is 35.5. The Hall–Kier alpha value is -1.55. The molecule has 25 heavy (non-hydrogen) atoms. The van der Waals surface area contributed by atoms with Crippen molar-refractivity contribution in [3.8, 4) is 0 Å². The molecule has 0 bridgehead atoms. The van der Waals surface area contributed by atoms with Gasteiger partial charge in [-0.3, -0.25) is 4.79 Å². The monoisotopic (exact) mass is 379 g/mol. The molecule has 0 saturated carbocycles. The van der Waals surface area contributed by atoms with Gasteiger partial charge in [-0.05, 0) is 57.9 Å². The van der Waals surface area contributed by atoms with E-state index in [1.54, 1.807) is 6.07 Å². The summed E-state index contributed by atoms with van der Waals surface area (Å²) in [6.07, 6.45) is 0. The molecular weight excluding hydrogens is 355 g/mol. The molecular formula is C20H25Cl2N2O+. The van der Waals surface area contributed by atoms with Gasteiger partial charge in [0.15, 0.2) is 6.04 Å². The Labute approximate surface area is 159 Å². The Morgan fingerprint density at radius 2 is 1.64 bits per heavy atom. The number of amides is 1. The van der Waals surface area contributed by atoms with E-state index in [4.69, 9.17) is 23.2 Å². The lowest BCUT2D eigenvalue weighted by Gasteiger charge is -2.19. The first kappa shape index (κ1) is 19.8. The summed E-state index contributed by atoms with van der Waals surface area (Å²) in [6, 6.07) is 9.40. The molecule has 3 nitrogen and oxygen atoms in total. The van der Waals surface area contributed by atoms with Crippen molar-refractivity contribution in [3.05, 3.63) is 62.6 Å². The zero-order valence-electron chi connectivity index (χ0n) is 15.3. The number of quaternary nitrogens is 1. The molecule has 0 aliphatic carbocycles. The molecule has 0 unspecified atom stereocenters. The van der Waals surface area contributed by atoms with E-state index in [2.05, 4.69) is 24.4 Å². The molecule has 0 aliphatic rings. The van der Waals surface area contributed by atoms with Crippen LogP contribution >= 0.6 is 23.2 Å². The van der Waals surface area contributed by atoms with Gasteiger partial charge in [-0.1, -0.05) is 47.0 Å². The first-order chi connectivity index (χ1) is 11.7. The van der Waals surface area contributed by atoms with Gasteiger partial charge in [-0.15, -0.1) is 0 Å². The van der Waals surface area contributed by atoms with Crippen molar-refractivity contribution in [2.24, 2.45) is 0 Å². The van der Waals surface area contributed by atoms with Crippen LogP contribution in [0.5, 0.6) is 0 Å². The minimum atomic E-state index is -0.248. The van der Waals surface area contributed by atoms with Crippen LogP contribution < -0.4 is 10.6 Å². The summed E-state index contributed by atoms with van der Waals surface area (Å²) in [4.78, 5) is 12.6. The quantitative estimate of drug-likeness (QED) is 0.784. The lowest BCUT2D eigenvalue weighted by Crippen LogP contribution is -2.91. The molecule has 2 rings (SSSR count). The first-order valence-electron chi connectivity index (χ1n) is 8.37. The molecule has 0 spiro atoms. The normalized spacial score (nSPS) is 13.4. The summed E-state index contributed by atoms with van der Waals surface area (Å²) in [5.74, 6) is -0.0213. The van der Waals surface area contributed by atoms with E-state index >= 15 is 0 Å². The zero-order valence-corrected chi connectivity index (χ0v) is 16.8. The number of halogens is 2. The Morgan fingerprint density at radius 1 is 1.04 bits per heavy atom. The van der Waals surface area contributed by atoms with Gasteiger partial charge in [0, 0.05) is 16.3 Å². The summed E-state index contributed by atoms with van der Waals surface area (Å²) in [7, 11) is 0. The van der Waals surface area contributed by atoms with Crippen LogP contribution in [0.1, 0.15) is 42.1 Å². The Balaban J connectivity index is 2.08. The number of benzene rings is 2. The van der Waals surface area contributed by atoms with Crippen LogP contribution in [0.2, 0.25) is 10.0 Å². The van der Waals surface area contributed by atoms with Gasteiger partial charge in [-0.2, -0.15) is 0 Å². The molecule has 0 radical (unpaired) electrons. The van der Waals surface area contributed by atoms with E-state index in [0.29, 0.717) is 10.0 Å². The molecule has 0 saturated heterocycles. The van der Waals surface area contributed by atoms with Crippen molar-refractivity contribution in [1.29, 1.82) is 0 Å². The second-order valence-corrected chi connectivity index (χ2v) is 7.54. The largest absolute Gasteiger partial charge is 0.330 e. The molecule has 2 aromatic rings. The van der Waals surface area contributed by atoms with Crippen LogP contribution in [0.4, 0.5) is 5.69 Å². The number of hydrogen-bond acceptors (Lipinski definition) is 1. The lowest BCUT2D eigenvalue weighted by atomic mass is 10.0. The number of anilines is 1. The van der Waals surface area contributed by atoms with Gasteiger partial charge in [0.25, 0.3) is 5.91 Å².